The highest BCUT2D eigenvalue weighted by Crippen LogP contribution is 2.30. The van der Waals surface area contributed by atoms with Gasteiger partial charge in [-0.3, -0.25) is 14.5 Å². The van der Waals surface area contributed by atoms with Crippen LogP contribution in [0.2, 0.25) is 0 Å². The third kappa shape index (κ3) is 4.55. The molecule has 7 nitrogen and oxygen atoms in total. The molecule has 1 heterocycles. The maximum atomic E-state index is 13.7. The van der Waals surface area contributed by atoms with E-state index in [1.165, 1.54) is 6.92 Å². The van der Waals surface area contributed by atoms with E-state index in [9.17, 15) is 23.2 Å². The van der Waals surface area contributed by atoms with Crippen molar-refractivity contribution in [1.29, 1.82) is 0 Å². The third-order valence-electron chi connectivity index (χ3n) is 4.72. The number of urea groups is 1. The van der Waals surface area contributed by atoms with E-state index in [0.29, 0.717) is 22.8 Å². The van der Waals surface area contributed by atoms with E-state index < -0.39 is 47.3 Å². The highest BCUT2D eigenvalue weighted by Gasteiger charge is 2.49. The van der Waals surface area contributed by atoms with E-state index in [2.05, 4.69) is 17.2 Å². The number of carbonyl (C=O) groups is 3. The molecule has 1 atom stereocenters. The lowest BCUT2D eigenvalue weighted by Crippen LogP contribution is -2.42. The zero-order chi connectivity index (χ0) is 22.8. The lowest BCUT2D eigenvalue weighted by atomic mass is 9.92. The van der Waals surface area contributed by atoms with Gasteiger partial charge in [0.25, 0.3) is 5.91 Å². The van der Waals surface area contributed by atoms with Crippen LogP contribution in [0, 0.1) is 11.6 Å². The van der Waals surface area contributed by atoms with Crippen LogP contribution in [0.25, 0.3) is 0 Å². The molecule has 3 rings (SSSR count). The summed E-state index contributed by atoms with van der Waals surface area (Å²) in [7, 11) is 0. The molecule has 2 aromatic rings. The summed E-state index contributed by atoms with van der Waals surface area (Å²) in [6.07, 6.45) is 0. The highest BCUT2D eigenvalue weighted by atomic mass is 19.1. The second-order valence-corrected chi connectivity index (χ2v) is 7.36. The number of amides is 4. The quantitative estimate of drug-likeness (QED) is 0.522. The van der Waals surface area contributed by atoms with Crippen LogP contribution in [0.1, 0.15) is 19.4 Å². The number of hydrogen-bond acceptors (Lipinski definition) is 4. The van der Waals surface area contributed by atoms with Crippen molar-refractivity contribution in [2.24, 2.45) is 0 Å². The Morgan fingerprint density at radius 2 is 1.77 bits per heavy atom. The van der Waals surface area contributed by atoms with Gasteiger partial charge < -0.3 is 15.4 Å². The Balaban J connectivity index is 1.72. The number of ether oxygens (including phenoxy) is 1. The van der Waals surface area contributed by atoms with Crippen LogP contribution in [0.4, 0.5) is 19.3 Å². The molecule has 2 aromatic carbocycles. The van der Waals surface area contributed by atoms with Gasteiger partial charge in [0, 0.05) is 0 Å². The Morgan fingerprint density at radius 3 is 2.35 bits per heavy atom. The largest absolute Gasteiger partial charge is 0.489 e. The second-order valence-electron chi connectivity index (χ2n) is 7.36. The van der Waals surface area contributed by atoms with Crippen LogP contribution in [-0.2, 0) is 15.1 Å². The van der Waals surface area contributed by atoms with Crippen molar-refractivity contribution < 1.29 is 27.9 Å². The molecule has 0 aromatic heterocycles. The Kier molecular flexibility index (Phi) is 6.05. The Labute approximate surface area is 177 Å². The number of imide groups is 1. The predicted octanol–water partition coefficient (Wildman–Crippen LogP) is 3.33. The summed E-state index contributed by atoms with van der Waals surface area (Å²) in [4.78, 5) is 38.2. The van der Waals surface area contributed by atoms with Crippen LogP contribution >= 0.6 is 0 Å². The smallest absolute Gasteiger partial charge is 0.325 e. The first-order chi connectivity index (χ1) is 14.6. The standard InChI is InChI=1S/C22H21F2N3O4/c1-13(2)12-31-15-9-7-14(8-10-15)22(3)20(29)27(21(30)26-22)11-18(28)25-19-16(23)5-4-6-17(19)24/h4-10H,1,11-12H2,2-3H3,(H,25,28)(H,26,30). The van der Waals surface area contributed by atoms with Crippen LogP contribution in [0.15, 0.2) is 54.6 Å². The number of nitrogens with zero attached hydrogens (tertiary/aromatic N) is 1. The molecule has 0 spiro atoms. The van der Waals surface area contributed by atoms with Gasteiger partial charge in [0.05, 0.1) is 0 Å². The monoisotopic (exact) mass is 429 g/mol. The van der Waals surface area contributed by atoms with E-state index in [1.54, 1.807) is 24.3 Å². The minimum atomic E-state index is -1.41. The minimum Gasteiger partial charge on any atom is -0.489 e. The summed E-state index contributed by atoms with van der Waals surface area (Å²) < 4.78 is 33.0. The van der Waals surface area contributed by atoms with Crippen LogP contribution < -0.4 is 15.4 Å². The predicted molar refractivity (Wildman–Crippen MR) is 109 cm³/mol. The molecule has 1 unspecified atom stereocenters. The van der Waals surface area contributed by atoms with Crippen molar-refractivity contribution in [3.8, 4) is 5.75 Å². The number of halogens is 2. The lowest BCUT2D eigenvalue weighted by molar-refractivity contribution is -0.133. The van der Waals surface area contributed by atoms with Crippen LogP contribution in [0.3, 0.4) is 0 Å². The molecule has 1 aliphatic rings. The van der Waals surface area contributed by atoms with Crippen molar-refractivity contribution >= 4 is 23.5 Å². The normalized spacial score (nSPS) is 18.0. The molecule has 1 saturated heterocycles. The second kappa shape index (κ2) is 8.55. The number of benzene rings is 2. The van der Waals surface area contributed by atoms with Crippen LogP contribution in [0.5, 0.6) is 5.75 Å². The van der Waals surface area contributed by atoms with Crippen LogP contribution in [-0.4, -0.2) is 35.9 Å². The average molecular weight is 429 g/mol. The molecule has 0 aliphatic carbocycles. The van der Waals surface area contributed by atoms with E-state index in [4.69, 9.17) is 4.74 Å². The fraction of sp³-hybridized carbons (Fsp3) is 0.227. The maximum absolute atomic E-state index is 13.7. The summed E-state index contributed by atoms with van der Waals surface area (Å²) in [5.74, 6) is -2.96. The minimum absolute atomic E-state index is 0.345. The zero-order valence-corrected chi connectivity index (χ0v) is 17.0. The summed E-state index contributed by atoms with van der Waals surface area (Å²) in [5.41, 5.74) is -0.726. The molecule has 0 saturated carbocycles. The SMILES string of the molecule is C=C(C)COc1ccc(C2(C)NC(=O)N(CC(=O)Nc3c(F)cccc3F)C2=O)cc1. The first-order valence-electron chi connectivity index (χ1n) is 9.37. The van der Waals surface area contributed by atoms with Crippen molar-refractivity contribution in [2.75, 3.05) is 18.5 Å². The van der Waals surface area contributed by atoms with Gasteiger partial charge in [0.2, 0.25) is 5.91 Å². The van der Waals surface area contributed by atoms with Crippen molar-refractivity contribution in [3.05, 3.63) is 71.8 Å². The molecule has 1 aliphatic heterocycles. The number of anilines is 1. The van der Waals surface area contributed by atoms with Gasteiger partial charge in [-0.15, -0.1) is 0 Å². The molecule has 0 radical (unpaired) electrons. The van der Waals surface area contributed by atoms with Gasteiger partial charge in [-0.1, -0.05) is 24.8 Å². The molecule has 2 N–H and O–H groups in total. The highest BCUT2D eigenvalue weighted by molar-refractivity contribution is 6.10. The van der Waals surface area contributed by atoms with E-state index >= 15 is 0 Å². The number of nitrogens with one attached hydrogen (secondary N) is 2. The Hall–Kier alpha value is -3.75. The van der Waals surface area contributed by atoms with Gasteiger partial charge in [0.1, 0.15) is 41.8 Å². The van der Waals surface area contributed by atoms with Crippen molar-refractivity contribution in [1.82, 2.24) is 10.2 Å². The molecule has 31 heavy (non-hydrogen) atoms. The number of carbonyl (C=O) groups excluding carboxylic acids is 3. The number of rotatable bonds is 7. The fourth-order valence-corrected chi connectivity index (χ4v) is 3.07. The molecule has 162 valence electrons. The van der Waals surface area contributed by atoms with Gasteiger partial charge in [0.15, 0.2) is 0 Å². The van der Waals surface area contributed by atoms with Gasteiger partial charge in [-0.25, -0.2) is 13.6 Å². The molecule has 9 heteroatoms. The average Bonchev–Trinajstić information content (AvgIpc) is 2.93. The van der Waals surface area contributed by atoms with E-state index in [1.807, 2.05) is 6.92 Å². The summed E-state index contributed by atoms with van der Waals surface area (Å²) >= 11 is 0. The van der Waals surface area contributed by atoms with Gasteiger partial charge >= 0.3 is 6.03 Å². The first-order valence-corrected chi connectivity index (χ1v) is 9.37. The van der Waals surface area contributed by atoms with Crippen molar-refractivity contribution in [3.63, 3.8) is 0 Å². The summed E-state index contributed by atoms with van der Waals surface area (Å²) in [6.45, 7) is 6.73. The van der Waals surface area contributed by atoms with Crippen molar-refractivity contribution in [2.45, 2.75) is 19.4 Å². The topological polar surface area (TPSA) is 87.7 Å². The number of hydrogen-bond donors (Lipinski definition) is 2. The van der Waals surface area contributed by atoms with E-state index in [0.717, 1.165) is 23.8 Å². The third-order valence-corrected chi connectivity index (χ3v) is 4.72. The molecular formula is C22H21F2N3O4. The first kappa shape index (κ1) is 21.9. The summed E-state index contributed by atoms with van der Waals surface area (Å²) in [6, 6.07) is 8.88. The Morgan fingerprint density at radius 1 is 1.16 bits per heavy atom. The van der Waals surface area contributed by atoms with E-state index in [-0.39, 0.29) is 0 Å². The Bertz CT molecular complexity index is 1030. The number of para-hydroxylation sites is 1. The molecular weight excluding hydrogens is 408 g/mol. The van der Waals surface area contributed by atoms with Gasteiger partial charge in [-0.2, -0.15) is 0 Å². The zero-order valence-electron chi connectivity index (χ0n) is 17.0. The summed E-state index contributed by atoms with van der Waals surface area (Å²) in [5, 5.41) is 4.62. The molecule has 1 fully saturated rings. The maximum Gasteiger partial charge on any atom is 0.325 e. The molecule has 4 amide bonds. The molecule has 0 bridgehead atoms. The lowest BCUT2D eigenvalue weighted by Gasteiger charge is -2.22. The van der Waals surface area contributed by atoms with Gasteiger partial charge in [-0.05, 0) is 49.2 Å². The fourth-order valence-electron chi connectivity index (χ4n) is 3.07.